The number of rotatable bonds is 3. The van der Waals surface area contributed by atoms with Crippen LogP contribution in [0.4, 0.5) is 5.13 Å². The number of carbonyl (C=O) groups excluding carboxylic acids is 2. The van der Waals surface area contributed by atoms with Gasteiger partial charge >= 0.3 is 0 Å². The Labute approximate surface area is 155 Å². The second-order valence-electron chi connectivity index (χ2n) is 6.81. The van der Waals surface area contributed by atoms with Gasteiger partial charge in [0.15, 0.2) is 0 Å². The van der Waals surface area contributed by atoms with Crippen molar-refractivity contribution in [2.75, 3.05) is 18.4 Å². The highest BCUT2D eigenvalue weighted by atomic mass is 32.1. The zero-order chi connectivity index (χ0) is 17.9. The van der Waals surface area contributed by atoms with E-state index in [4.69, 9.17) is 0 Å². The number of nitrogens with zero attached hydrogens (tertiary/aromatic N) is 4. The molecule has 136 valence electrons. The molecule has 7 nitrogen and oxygen atoms in total. The third-order valence-corrected chi connectivity index (χ3v) is 5.75. The highest BCUT2D eigenvalue weighted by Gasteiger charge is 2.29. The van der Waals surface area contributed by atoms with Gasteiger partial charge < -0.3 is 10.2 Å². The summed E-state index contributed by atoms with van der Waals surface area (Å²) in [6.07, 6.45) is 5.68. The van der Waals surface area contributed by atoms with Gasteiger partial charge in [0.1, 0.15) is 11.2 Å². The maximum absolute atomic E-state index is 12.8. The molecule has 4 rings (SSSR count). The number of nitrogens with one attached hydrogen (secondary N) is 1. The number of amides is 2. The fourth-order valence-corrected chi connectivity index (χ4v) is 4.09. The molecule has 2 aliphatic rings. The van der Waals surface area contributed by atoms with Crippen LogP contribution >= 0.6 is 11.3 Å². The lowest BCUT2D eigenvalue weighted by atomic mass is 9.95. The first-order valence-corrected chi connectivity index (χ1v) is 9.94. The van der Waals surface area contributed by atoms with Crippen molar-refractivity contribution in [2.24, 2.45) is 5.92 Å². The van der Waals surface area contributed by atoms with Crippen LogP contribution in [-0.4, -0.2) is 45.0 Å². The van der Waals surface area contributed by atoms with Crippen LogP contribution in [0.2, 0.25) is 0 Å². The van der Waals surface area contributed by atoms with E-state index in [2.05, 4.69) is 26.6 Å². The minimum atomic E-state index is -0.0977. The van der Waals surface area contributed by atoms with Gasteiger partial charge in [-0.3, -0.25) is 9.59 Å². The lowest BCUT2D eigenvalue weighted by Crippen LogP contribution is -2.41. The molecule has 0 unspecified atom stereocenters. The number of hydrogen-bond donors (Lipinski definition) is 1. The topological polar surface area (TPSA) is 88.1 Å². The van der Waals surface area contributed by atoms with Crippen molar-refractivity contribution in [1.29, 1.82) is 0 Å². The van der Waals surface area contributed by atoms with E-state index in [0.29, 0.717) is 36.8 Å². The molecule has 3 heterocycles. The Bertz CT molecular complexity index is 800. The normalized spacial score (nSPS) is 17.6. The van der Waals surface area contributed by atoms with Crippen molar-refractivity contribution in [3.8, 4) is 0 Å². The van der Waals surface area contributed by atoms with Gasteiger partial charge in [-0.05, 0) is 50.2 Å². The number of fused-ring (bicyclic) bond motifs is 1. The number of aryl methyl sites for hydroxylation is 2. The molecule has 26 heavy (non-hydrogen) atoms. The van der Waals surface area contributed by atoms with Gasteiger partial charge in [0.05, 0.1) is 0 Å². The van der Waals surface area contributed by atoms with Gasteiger partial charge in [-0.1, -0.05) is 17.4 Å². The monoisotopic (exact) mass is 371 g/mol. The van der Waals surface area contributed by atoms with Gasteiger partial charge in [0.2, 0.25) is 11.0 Å². The summed E-state index contributed by atoms with van der Waals surface area (Å²) in [4.78, 5) is 31.5. The number of likely N-dealkylation sites (tertiary alicyclic amines) is 1. The predicted octanol–water partition coefficient (Wildman–Crippen LogP) is 2.30. The summed E-state index contributed by atoms with van der Waals surface area (Å²) >= 11 is 1.30. The first-order chi connectivity index (χ1) is 12.7. The van der Waals surface area contributed by atoms with E-state index in [1.54, 1.807) is 5.51 Å². The Balaban J connectivity index is 1.35. The van der Waals surface area contributed by atoms with E-state index in [1.165, 1.54) is 23.3 Å². The fraction of sp³-hybridized carbons (Fsp3) is 0.500. The smallest absolute Gasteiger partial charge is 0.272 e. The van der Waals surface area contributed by atoms with Crippen LogP contribution in [0.1, 0.15) is 47.4 Å². The van der Waals surface area contributed by atoms with E-state index in [9.17, 15) is 9.59 Å². The molecule has 0 radical (unpaired) electrons. The van der Waals surface area contributed by atoms with Gasteiger partial charge in [-0.2, -0.15) is 0 Å². The zero-order valence-electron chi connectivity index (χ0n) is 14.5. The van der Waals surface area contributed by atoms with Gasteiger partial charge in [0.25, 0.3) is 5.91 Å². The number of aromatic nitrogens is 3. The van der Waals surface area contributed by atoms with Crippen molar-refractivity contribution in [2.45, 2.75) is 38.5 Å². The highest BCUT2D eigenvalue weighted by Crippen LogP contribution is 2.23. The molecule has 8 heteroatoms. The average molecular weight is 371 g/mol. The number of hydrogen-bond acceptors (Lipinski definition) is 6. The van der Waals surface area contributed by atoms with E-state index in [1.807, 2.05) is 11.0 Å². The third kappa shape index (κ3) is 3.60. The highest BCUT2D eigenvalue weighted by molar-refractivity contribution is 7.13. The van der Waals surface area contributed by atoms with E-state index < -0.39 is 0 Å². The molecule has 2 aromatic heterocycles. The summed E-state index contributed by atoms with van der Waals surface area (Å²) in [7, 11) is 0. The average Bonchev–Trinajstić information content (AvgIpc) is 3.20. The van der Waals surface area contributed by atoms with Crippen LogP contribution in [0.15, 0.2) is 17.6 Å². The summed E-state index contributed by atoms with van der Waals surface area (Å²) in [6, 6.07) is 3.90. The van der Waals surface area contributed by atoms with Crippen molar-refractivity contribution >= 4 is 28.3 Å². The molecule has 0 bridgehead atoms. The number of carbonyl (C=O) groups is 2. The van der Waals surface area contributed by atoms with Crippen molar-refractivity contribution in [3.63, 3.8) is 0 Å². The molecule has 1 aliphatic carbocycles. The molecule has 2 amide bonds. The number of pyridine rings is 1. The molecule has 1 N–H and O–H groups in total. The van der Waals surface area contributed by atoms with Crippen LogP contribution in [0.3, 0.4) is 0 Å². The summed E-state index contributed by atoms with van der Waals surface area (Å²) in [6.45, 7) is 1.15. The Hall–Kier alpha value is -2.35. The Morgan fingerprint density at radius 1 is 1.15 bits per heavy atom. The summed E-state index contributed by atoms with van der Waals surface area (Å²) in [5.74, 6) is -0.165. The second-order valence-corrected chi connectivity index (χ2v) is 7.64. The first kappa shape index (κ1) is 17.1. The van der Waals surface area contributed by atoms with Crippen molar-refractivity contribution < 1.29 is 9.59 Å². The summed E-state index contributed by atoms with van der Waals surface area (Å²) < 4.78 is 0. The number of piperidine rings is 1. The lowest BCUT2D eigenvalue weighted by molar-refractivity contribution is -0.121. The van der Waals surface area contributed by atoms with Crippen molar-refractivity contribution in [3.05, 3.63) is 34.6 Å². The largest absolute Gasteiger partial charge is 0.337 e. The molecule has 1 aliphatic heterocycles. The molecule has 2 aromatic rings. The quantitative estimate of drug-likeness (QED) is 0.894. The van der Waals surface area contributed by atoms with E-state index in [-0.39, 0.29) is 17.7 Å². The van der Waals surface area contributed by atoms with Crippen LogP contribution in [-0.2, 0) is 17.6 Å². The Kier molecular flexibility index (Phi) is 4.92. The molecule has 1 saturated heterocycles. The van der Waals surface area contributed by atoms with Crippen molar-refractivity contribution in [1.82, 2.24) is 20.1 Å². The molecule has 0 spiro atoms. The zero-order valence-corrected chi connectivity index (χ0v) is 15.3. The Morgan fingerprint density at radius 3 is 2.73 bits per heavy atom. The Morgan fingerprint density at radius 2 is 1.96 bits per heavy atom. The second kappa shape index (κ2) is 7.49. The van der Waals surface area contributed by atoms with Gasteiger partial charge in [-0.15, -0.1) is 10.2 Å². The first-order valence-electron chi connectivity index (χ1n) is 9.06. The molecule has 1 fully saturated rings. The SMILES string of the molecule is O=C(Nc1nncs1)C1CCN(C(=O)c2ccc3c(n2)CCCC3)CC1. The van der Waals surface area contributed by atoms with E-state index in [0.717, 1.165) is 25.0 Å². The molecular weight excluding hydrogens is 350 g/mol. The minimum absolute atomic E-state index is 0.0265. The van der Waals surface area contributed by atoms with E-state index >= 15 is 0 Å². The standard InChI is InChI=1S/C18H21N5O2S/c24-16(21-18-22-19-11-26-18)13-7-9-23(10-8-13)17(25)15-6-5-12-3-1-2-4-14(12)20-15/h5-6,11,13H,1-4,7-10H2,(H,21,22,24). The predicted molar refractivity (Wildman–Crippen MR) is 98.0 cm³/mol. The van der Waals surface area contributed by atoms with Crippen LogP contribution in [0, 0.1) is 5.92 Å². The lowest BCUT2D eigenvalue weighted by Gasteiger charge is -2.31. The maximum Gasteiger partial charge on any atom is 0.272 e. The molecule has 0 aromatic carbocycles. The molecule has 0 saturated carbocycles. The third-order valence-electron chi connectivity index (χ3n) is 5.14. The van der Waals surface area contributed by atoms with Crippen LogP contribution < -0.4 is 5.32 Å². The minimum Gasteiger partial charge on any atom is -0.337 e. The fourth-order valence-electron chi connectivity index (χ4n) is 3.64. The van der Waals surface area contributed by atoms with Crippen LogP contribution in [0.5, 0.6) is 0 Å². The molecule has 0 atom stereocenters. The summed E-state index contributed by atoms with van der Waals surface area (Å²) in [5.41, 5.74) is 4.47. The van der Waals surface area contributed by atoms with Gasteiger partial charge in [-0.25, -0.2) is 4.98 Å². The number of anilines is 1. The summed E-state index contributed by atoms with van der Waals surface area (Å²) in [5, 5.41) is 10.9. The maximum atomic E-state index is 12.8. The molecular formula is C18H21N5O2S. The van der Waals surface area contributed by atoms with Gasteiger partial charge in [0, 0.05) is 24.7 Å². The van der Waals surface area contributed by atoms with Crippen LogP contribution in [0.25, 0.3) is 0 Å².